The molecule has 1 aliphatic rings. The minimum atomic E-state index is -0.767. The van der Waals surface area contributed by atoms with E-state index in [1.54, 1.807) is 24.5 Å². The van der Waals surface area contributed by atoms with Gasteiger partial charge < -0.3 is 18.9 Å². The van der Waals surface area contributed by atoms with Crippen LogP contribution in [0, 0.1) is 3.57 Å². The van der Waals surface area contributed by atoms with E-state index < -0.39 is 12.0 Å². The van der Waals surface area contributed by atoms with Crippen LogP contribution in [0.3, 0.4) is 0 Å². The third-order valence-corrected chi connectivity index (χ3v) is 7.85. The Hall–Kier alpha value is -3.38. The molecule has 0 N–H and O–H groups in total. The van der Waals surface area contributed by atoms with E-state index in [0.29, 0.717) is 56.6 Å². The van der Waals surface area contributed by atoms with Crippen LogP contribution in [0.15, 0.2) is 70.1 Å². The minimum absolute atomic E-state index is 0.108. The number of esters is 1. The molecule has 0 saturated carbocycles. The van der Waals surface area contributed by atoms with E-state index >= 15 is 0 Å². The molecular weight excluding hydrogens is 655 g/mol. The maximum Gasteiger partial charge on any atom is 0.338 e. The average Bonchev–Trinajstić information content (AvgIpc) is 3.22. The highest BCUT2D eigenvalue weighted by Gasteiger charge is 2.35. The number of carbonyl (C=O) groups excluding carboxylic acids is 1. The van der Waals surface area contributed by atoms with Gasteiger partial charge in [-0.3, -0.25) is 9.36 Å². The fourth-order valence-corrected chi connectivity index (χ4v) is 6.35. The molecule has 2 heterocycles. The summed E-state index contributed by atoms with van der Waals surface area (Å²) in [7, 11) is 0. The number of halogens is 1. The fourth-order valence-electron chi connectivity index (χ4n) is 4.52. The van der Waals surface area contributed by atoms with Crippen LogP contribution in [0.2, 0.25) is 0 Å². The van der Waals surface area contributed by atoms with Crippen LogP contribution in [-0.2, 0) is 9.53 Å². The van der Waals surface area contributed by atoms with Crippen LogP contribution in [0.5, 0.6) is 17.2 Å². The quantitative estimate of drug-likeness (QED) is 0.157. The van der Waals surface area contributed by atoms with Gasteiger partial charge in [0, 0.05) is 5.56 Å². The van der Waals surface area contributed by atoms with Crippen LogP contribution in [0.25, 0.3) is 6.08 Å². The Bertz CT molecular complexity index is 1670. The van der Waals surface area contributed by atoms with Crippen molar-refractivity contribution in [2.75, 3.05) is 19.8 Å². The van der Waals surface area contributed by atoms with Crippen molar-refractivity contribution in [3.05, 3.63) is 94.7 Å². The predicted octanol–water partition coefficient (Wildman–Crippen LogP) is 5.15. The van der Waals surface area contributed by atoms with Gasteiger partial charge in [0.25, 0.3) is 5.56 Å². The van der Waals surface area contributed by atoms with Crippen molar-refractivity contribution in [2.24, 2.45) is 4.99 Å². The second-order valence-corrected chi connectivity index (χ2v) is 11.5. The molecular formula is C31H33IN2O6S. The van der Waals surface area contributed by atoms with Gasteiger partial charge in [0.15, 0.2) is 16.3 Å². The average molecular weight is 689 g/mol. The summed E-state index contributed by atoms with van der Waals surface area (Å²) in [5.74, 6) is 1.28. The number of thiazole rings is 1. The van der Waals surface area contributed by atoms with Gasteiger partial charge in [0.05, 0.1) is 38.7 Å². The second-order valence-electron chi connectivity index (χ2n) is 9.37. The summed E-state index contributed by atoms with van der Waals surface area (Å²) >= 11 is 3.46. The molecule has 0 radical (unpaired) electrons. The molecule has 1 atom stereocenters. The molecule has 41 heavy (non-hydrogen) atoms. The van der Waals surface area contributed by atoms with Crippen molar-refractivity contribution < 1.29 is 23.7 Å². The zero-order chi connectivity index (χ0) is 29.7. The number of ether oxygens (including phenoxy) is 4. The first-order valence-electron chi connectivity index (χ1n) is 13.3. The number of carbonyl (C=O) groups is 1. The topological polar surface area (TPSA) is 88.4 Å². The van der Waals surface area contributed by atoms with E-state index in [4.69, 9.17) is 18.9 Å². The second kappa shape index (κ2) is 13.5. The number of nitrogens with zero attached hydrogens (tertiary/aromatic N) is 2. The van der Waals surface area contributed by atoms with E-state index in [-0.39, 0.29) is 18.3 Å². The molecule has 1 aromatic heterocycles. The summed E-state index contributed by atoms with van der Waals surface area (Å²) in [6, 6.07) is 10.5. The molecule has 0 saturated heterocycles. The molecule has 0 aliphatic carbocycles. The van der Waals surface area contributed by atoms with Crippen molar-refractivity contribution >= 4 is 46.0 Å². The summed E-state index contributed by atoms with van der Waals surface area (Å²) in [4.78, 5) is 32.5. The fraction of sp³-hybridized carbons (Fsp3) is 0.323. The highest BCUT2D eigenvalue weighted by Crippen LogP contribution is 2.37. The predicted molar refractivity (Wildman–Crippen MR) is 169 cm³/mol. The number of benzene rings is 2. The summed E-state index contributed by atoms with van der Waals surface area (Å²) in [6.45, 7) is 14.0. The number of aromatic nitrogens is 1. The number of fused-ring (bicyclic) bond motifs is 1. The Balaban J connectivity index is 1.94. The van der Waals surface area contributed by atoms with Gasteiger partial charge in [-0.25, -0.2) is 9.79 Å². The number of rotatable bonds is 11. The van der Waals surface area contributed by atoms with E-state index in [0.717, 1.165) is 9.13 Å². The van der Waals surface area contributed by atoms with Crippen molar-refractivity contribution in [3.63, 3.8) is 0 Å². The van der Waals surface area contributed by atoms with E-state index in [2.05, 4.69) is 34.2 Å². The first-order chi connectivity index (χ1) is 19.7. The third kappa shape index (κ3) is 6.59. The first-order valence-corrected chi connectivity index (χ1v) is 15.2. The SMILES string of the molecule is C=CCOc1c(I)cc(/C=c2\sc3n(c2=O)[C@H](c2ccccc2OC(C)C)C(C(=O)OCC)=C(C)N=3)cc1OCC. The zero-order valence-corrected chi connectivity index (χ0v) is 26.7. The molecule has 0 amide bonds. The number of hydrogen-bond donors (Lipinski definition) is 0. The summed E-state index contributed by atoms with van der Waals surface area (Å²) < 4.78 is 26.1. The van der Waals surface area contributed by atoms with Crippen LogP contribution in [0.1, 0.15) is 51.8 Å². The highest BCUT2D eigenvalue weighted by atomic mass is 127. The van der Waals surface area contributed by atoms with E-state index in [9.17, 15) is 9.59 Å². The van der Waals surface area contributed by atoms with Gasteiger partial charge >= 0.3 is 5.97 Å². The van der Waals surface area contributed by atoms with Crippen molar-refractivity contribution in [2.45, 2.75) is 46.8 Å². The lowest BCUT2D eigenvalue weighted by molar-refractivity contribution is -0.139. The van der Waals surface area contributed by atoms with Gasteiger partial charge in [-0.1, -0.05) is 42.2 Å². The number of para-hydroxylation sites is 1. The lowest BCUT2D eigenvalue weighted by Crippen LogP contribution is -2.40. The summed E-state index contributed by atoms with van der Waals surface area (Å²) in [6.07, 6.45) is 3.37. The molecule has 216 valence electrons. The molecule has 10 heteroatoms. The molecule has 0 fully saturated rings. The minimum Gasteiger partial charge on any atom is -0.491 e. The lowest BCUT2D eigenvalue weighted by atomic mass is 9.95. The molecule has 8 nitrogen and oxygen atoms in total. The lowest BCUT2D eigenvalue weighted by Gasteiger charge is -2.26. The standard InChI is InChI=1S/C31H33IN2O6S/c1-7-14-39-28-22(32)15-20(16-24(28)37-8-2)17-25-29(35)34-27(21-12-10-11-13-23(21)40-18(4)5)26(30(36)38-9-3)19(6)33-31(34)41-25/h7,10-13,15-18,27H,1,8-9,14H2,2-6H3/b25-17-/t27-/m1/s1. The molecule has 0 unspecified atom stereocenters. The molecule has 3 aromatic rings. The Kier molecular flexibility index (Phi) is 10.1. The Labute approximate surface area is 256 Å². The van der Waals surface area contributed by atoms with Crippen molar-refractivity contribution in [1.29, 1.82) is 0 Å². The van der Waals surface area contributed by atoms with Gasteiger partial charge in [0.1, 0.15) is 18.4 Å². The number of hydrogen-bond acceptors (Lipinski definition) is 8. The van der Waals surface area contributed by atoms with Gasteiger partial charge in [-0.15, -0.1) is 0 Å². The maximum atomic E-state index is 14.1. The van der Waals surface area contributed by atoms with Gasteiger partial charge in [-0.2, -0.15) is 0 Å². The normalized spacial score (nSPS) is 14.9. The Morgan fingerprint density at radius 2 is 1.93 bits per heavy atom. The molecule has 4 rings (SSSR count). The zero-order valence-electron chi connectivity index (χ0n) is 23.7. The van der Waals surface area contributed by atoms with Crippen LogP contribution < -0.4 is 29.1 Å². The maximum absolute atomic E-state index is 14.1. The molecule has 0 bridgehead atoms. The number of allylic oxidation sites excluding steroid dienone is 1. The van der Waals surface area contributed by atoms with Gasteiger partial charge in [-0.05, 0) is 87.0 Å². The summed E-state index contributed by atoms with van der Waals surface area (Å²) in [5.41, 5.74) is 1.99. The molecule has 1 aliphatic heterocycles. The van der Waals surface area contributed by atoms with Crippen molar-refractivity contribution in [3.8, 4) is 17.2 Å². The third-order valence-electron chi connectivity index (χ3n) is 6.07. The molecule has 0 spiro atoms. The van der Waals surface area contributed by atoms with Crippen LogP contribution in [0.4, 0.5) is 0 Å². The summed E-state index contributed by atoms with van der Waals surface area (Å²) in [5, 5.41) is 0. The monoisotopic (exact) mass is 688 g/mol. The van der Waals surface area contributed by atoms with Crippen LogP contribution >= 0.6 is 33.9 Å². The largest absolute Gasteiger partial charge is 0.491 e. The molecule has 2 aromatic carbocycles. The first kappa shape index (κ1) is 30.6. The van der Waals surface area contributed by atoms with E-state index in [1.807, 2.05) is 63.2 Å². The smallest absolute Gasteiger partial charge is 0.338 e. The van der Waals surface area contributed by atoms with Gasteiger partial charge in [0.2, 0.25) is 0 Å². The highest BCUT2D eigenvalue weighted by molar-refractivity contribution is 14.1. The van der Waals surface area contributed by atoms with E-state index in [1.165, 1.54) is 11.3 Å². The van der Waals surface area contributed by atoms with Crippen LogP contribution in [-0.4, -0.2) is 36.5 Å². The Morgan fingerprint density at radius 3 is 2.61 bits per heavy atom. The van der Waals surface area contributed by atoms with Crippen molar-refractivity contribution in [1.82, 2.24) is 4.57 Å². The Morgan fingerprint density at radius 1 is 1.17 bits per heavy atom.